The average Bonchev–Trinajstić information content (AvgIpc) is 2.12. The molecule has 3 heteroatoms. The Hall–Kier alpha value is -0.990. The molecule has 0 aromatic rings. The highest BCUT2D eigenvalue weighted by molar-refractivity contribution is 5.79. The van der Waals surface area contributed by atoms with E-state index in [0.717, 1.165) is 12.2 Å². The first-order chi connectivity index (χ1) is 5.65. The summed E-state index contributed by atoms with van der Waals surface area (Å²) in [6.07, 6.45) is 2.65. The van der Waals surface area contributed by atoms with E-state index in [1.807, 2.05) is 19.9 Å². The third-order valence-corrected chi connectivity index (χ3v) is 1.71. The maximum Gasteiger partial charge on any atom is 0.226 e. The largest absolute Gasteiger partial charge is 0.501 e. The van der Waals surface area contributed by atoms with Gasteiger partial charge in [0.2, 0.25) is 5.91 Å². The highest BCUT2D eigenvalue weighted by Crippen LogP contribution is 2.07. The van der Waals surface area contributed by atoms with Crippen molar-refractivity contribution in [2.45, 2.75) is 20.3 Å². The normalized spacial score (nSPS) is 13.8. The molecular weight excluding hydrogens is 154 g/mol. The fraction of sp³-hybridized carbons (Fsp3) is 0.667. The van der Waals surface area contributed by atoms with Gasteiger partial charge in [0.1, 0.15) is 0 Å². The van der Waals surface area contributed by atoms with Crippen LogP contribution in [0.25, 0.3) is 0 Å². The Morgan fingerprint density at radius 2 is 2.25 bits per heavy atom. The number of hydrogen-bond acceptors (Lipinski definition) is 2. The molecule has 0 aliphatic rings. The van der Waals surface area contributed by atoms with Crippen LogP contribution in [0.2, 0.25) is 0 Å². The number of nitrogens with one attached hydrogen (secondary N) is 1. The SMILES string of the molecule is CC/C(=C\C(C)C(=O)NC)OC. The molecule has 0 fully saturated rings. The maximum absolute atomic E-state index is 11.1. The van der Waals surface area contributed by atoms with Crippen molar-refractivity contribution in [2.75, 3.05) is 14.2 Å². The Labute approximate surface area is 73.8 Å². The van der Waals surface area contributed by atoms with Crippen LogP contribution in [0.1, 0.15) is 20.3 Å². The molecule has 12 heavy (non-hydrogen) atoms. The van der Waals surface area contributed by atoms with Crippen molar-refractivity contribution >= 4 is 5.91 Å². The van der Waals surface area contributed by atoms with Gasteiger partial charge in [-0.2, -0.15) is 0 Å². The van der Waals surface area contributed by atoms with Gasteiger partial charge in [-0.05, 0) is 13.0 Å². The third kappa shape index (κ3) is 3.42. The van der Waals surface area contributed by atoms with Crippen molar-refractivity contribution in [2.24, 2.45) is 5.92 Å². The zero-order valence-electron chi connectivity index (χ0n) is 8.18. The zero-order valence-corrected chi connectivity index (χ0v) is 8.18. The van der Waals surface area contributed by atoms with Crippen LogP contribution in [0.3, 0.4) is 0 Å². The van der Waals surface area contributed by atoms with Gasteiger partial charge in [0.25, 0.3) is 0 Å². The monoisotopic (exact) mass is 171 g/mol. The van der Waals surface area contributed by atoms with Crippen molar-refractivity contribution in [1.82, 2.24) is 5.32 Å². The Bertz CT molecular complexity index is 169. The van der Waals surface area contributed by atoms with Gasteiger partial charge in [0.05, 0.1) is 18.8 Å². The van der Waals surface area contributed by atoms with Crippen molar-refractivity contribution in [3.05, 3.63) is 11.8 Å². The molecule has 1 amide bonds. The highest BCUT2D eigenvalue weighted by atomic mass is 16.5. The Morgan fingerprint density at radius 3 is 2.58 bits per heavy atom. The molecule has 0 aliphatic heterocycles. The van der Waals surface area contributed by atoms with Crippen molar-refractivity contribution in [3.63, 3.8) is 0 Å². The molecule has 0 spiro atoms. The summed E-state index contributed by atoms with van der Waals surface area (Å²) in [6.45, 7) is 3.83. The van der Waals surface area contributed by atoms with Crippen LogP contribution in [-0.2, 0) is 9.53 Å². The molecule has 1 N–H and O–H groups in total. The predicted octanol–water partition coefficient (Wildman–Crippen LogP) is 1.31. The van der Waals surface area contributed by atoms with Gasteiger partial charge >= 0.3 is 0 Å². The molecule has 0 heterocycles. The van der Waals surface area contributed by atoms with Crippen LogP contribution >= 0.6 is 0 Å². The van der Waals surface area contributed by atoms with Gasteiger partial charge in [-0.15, -0.1) is 0 Å². The fourth-order valence-corrected chi connectivity index (χ4v) is 0.912. The molecule has 0 rings (SSSR count). The molecule has 3 nitrogen and oxygen atoms in total. The molecule has 0 saturated heterocycles. The number of carbonyl (C=O) groups excluding carboxylic acids is 1. The minimum Gasteiger partial charge on any atom is -0.501 e. The van der Waals surface area contributed by atoms with Gasteiger partial charge in [-0.3, -0.25) is 4.79 Å². The number of amides is 1. The van der Waals surface area contributed by atoms with Crippen molar-refractivity contribution in [3.8, 4) is 0 Å². The van der Waals surface area contributed by atoms with Crippen LogP contribution in [0.15, 0.2) is 11.8 Å². The third-order valence-electron chi connectivity index (χ3n) is 1.71. The van der Waals surface area contributed by atoms with E-state index < -0.39 is 0 Å². The van der Waals surface area contributed by atoms with Crippen LogP contribution < -0.4 is 5.32 Å². The minimum absolute atomic E-state index is 0.0120. The summed E-state index contributed by atoms with van der Waals surface area (Å²) in [5.74, 6) is 0.744. The van der Waals surface area contributed by atoms with Crippen molar-refractivity contribution < 1.29 is 9.53 Å². The van der Waals surface area contributed by atoms with Crippen molar-refractivity contribution in [1.29, 1.82) is 0 Å². The van der Waals surface area contributed by atoms with E-state index in [9.17, 15) is 4.79 Å². The second-order valence-corrected chi connectivity index (χ2v) is 2.59. The van der Waals surface area contributed by atoms with E-state index in [0.29, 0.717) is 0 Å². The summed E-state index contributed by atoms with van der Waals surface area (Å²) in [4.78, 5) is 11.1. The summed E-state index contributed by atoms with van der Waals surface area (Å²) in [5.41, 5.74) is 0. The van der Waals surface area contributed by atoms with Crippen LogP contribution in [-0.4, -0.2) is 20.1 Å². The fourth-order valence-electron chi connectivity index (χ4n) is 0.912. The van der Waals surface area contributed by atoms with E-state index in [-0.39, 0.29) is 11.8 Å². The van der Waals surface area contributed by atoms with Crippen LogP contribution in [0.4, 0.5) is 0 Å². The predicted molar refractivity (Wildman–Crippen MR) is 48.6 cm³/mol. The molecule has 0 aromatic heterocycles. The molecule has 0 bridgehead atoms. The van der Waals surface area contributed by atoms with E-state index in [4.69, 9.17) is 4.74 Å². The van der Waals surface area contributed by atoms with E-state index in [1.54, 1.807) is 14.2 Å². The molecule has 0 aromatic carbocycles. The first kappa shape index (κ1) is 11.0. The quantitative estimate of drug-likeness (QED) is 0.648. The minimum atomic E-state index is -0.120. The lowest BCUT2D eigenvalue weighted by Crippen LogP contribution is -2.24. The molecule has 1 atom stereocenters. The van der Waals surface area contributed by atoms with Gasteiger partial charge in [-0.25, -0.2) is 0 Å². The lowest BCUT2D eigenvalue weighted by Gasteiger charge is -2.07. The number of methoxy groups -OCH3 is 1. The first-order valence-electron chi connectivity index (χ1n) is 4.12. The maximum atomic E-state index is 11.1. The summed E-state index contributed by atoms with van der Waals surface area (Å²) in [5, 5.41) is 2.58. The second kappa shape index (κ2) is 5.63. The van der Waals surface area contributed by atoms with Crippen LogP contribution in [0.5, 0.6) is 0 Å². The summed E-state index contributed by atoms with van der Waals surface area (Å²) < 4.78 is 5.05. The molecule has 0 saturated carbocycles. The molecule has 0 radical (unpaired) electrons. The van der Waals surface area contributed by atoms with E-state index in [1.165, 1.54) is 0 Å². The number of ether oxygens (including phenoxy) is 1. The van der Waals surface area contributed by atoms with Gasteiger partial charge in [0.15, 0.2) is 0 Å². The Balaban J connectivity index is 4.19. The first-order valence-corrected chi connectivity index (χ1v) is 4.12. The molecule has 70 valence electrons. The van der Waals surface area contributed by atoms with Gasteiger partial charge in [-0.1, -0.05) is 6.92 Å². The van der Waals surface area contributed by atoms with Gasteiger partial charge in [0, 0.05) is 13.5 Å². The second-order valence-electron chi connectivity index (χ2n) is 2.59. The molecule has 1 unspecified atom stereocenters. The smallest absolute Gasteiger partial charge is 0.226 e. The summed E-state index contributed by atoms with van der Waals surface area (Å²) in [6, 6.07) is 0. The van der Waals surface area contributed by atoms with Crippen LogP contribution in [0, 0.1) is 5.92 Å². The average molecular weight is 171 g/mol. The zero-order chi connectivity index (χ0) is 9.56. The lowest BCUT2D eigenvalue weighted by atomic mass is 10.1. The van der Waals surface area contributed by atoms with E-state index in [2.05, 4.69) is 5.32 Å². The molecular formula is C9H17NO2. The topological polar surface area (TPSA) is 38.3 Å². The number of hydrogen-bond donors (Lipinski definition) is 1. The number of allylic oxidation sites excluding steroid dienone is 1. The van der Waals surface area contributed by atoms with Gasteiger partial charge < -0.3 is 10.1 Å². The van der Waals surface area contributed by atoms with E-state index >= 15 is 0 Å². The standard InChI is InChI=1S/C9H17NO2/c1-5-8(12-4)6-7(2)9(11)10-3/h6-7H,5H2,1-4H3,(H,10,11)/b8-6+. The summed E-state index contributed by atoms with van der Waals surface area (Å²) in [7, 11) is 3.25. The number of rotatable bonds is 4. The number of carbonyl (C=O) groups is 1. The Morgan fingerprint density at radius 1 is 1.67 bits per heavy atom. The highest BCUT2D eigenvalue weighted by Gasteiger charge is 2.08. The summed E-state index contributed by atoms with van der Waals surface area (Å²) >= 11 is 0. The lowest BCUT2D eigenvalue weighted by molar-refractivity contribution is -0.122. The Kier molecular flexibility index (Phi) is 5.17. The molecule has 0 aliphatic carbocycles.